The summed E-state index contributed by atoms with van der Waals surface area (Å²) in [6, 6.07) is 7.20. The number of anilines is 2. The maximum atomic E-state index is 14.0. The van der Waals surface area contributed by atoms with Crippen LogP contribution in [-0.2, 0) is 23.1 Å². The lowest BCUT2D eigenvalue weighted by Crippen LogP contribution is -2.20. The van der Waals surface area contributed by atoms with E-state index in [-0.39, 0.29) is 37.9 Å². The van der Waals surface area contributed by atoms with Gasteiger partial charge in [-0.3, -0.25) is 18.2 Å². The topological polar surface area (TPSA) is 202 Å². The second-order valence-electron chi connectivity index (χ2n) is 10.6. The summed E-state index contributed by atoms with van der Waals surface area (Å²) in [6.07, 6.45) is 9.20. The number of rotatable bonds is 11. The van der Waals surface area contributed by atoms with Crippen LogP contribution in [0.1, 0.15) is 38.1 Å². The minimum atomic E-state index is -4.10. The van der Waals surface area contributed by atoms with Gasteiger partial charge in [0.2, 0.25) is 0 Å². The molecule has 2 aliphatic rings. The predicted molar refractivity (Wildman–Crippen MR) is 164 cm³/mol. The van der Waals surface area contributed by atoms with Gasteiger partial charge in [-0.15, -0.1) is 11.8 Å². The standard InChI is InChI=1S/C27H31N10O6PS/c1-45-19-6-2-16(3-7-19)43-44(38,39-10-17-4-8-20(41-17)36-14-34-22-24(28)30-12-32-26(22)36)40-11-18-5-9-21(42-18)37-15-35-23-25(29)31-13-33-27(23)37/h2-3,6-7,12-15,17-18,20-21H,4-5,8-11H2,1H3,(H2,28,30,32)(H2,29,31,33)/t17-,18-,20+,21+/m0/s1. The van der Waals surface area contributed by atoms with Gasteiger partial charge in [-0.05, 0) is 56.2 Å². The van der Waals surface area contributed by atoms with Crippen molar-refractivity contribution in [1.82, 2.24) is 39.0 Å². The van der Waals surface area contributed by atoms with E-state index in [1.54, 1.807) is 36.5 Å². The minimum absolute atomic E-state index is 0.0171. The van der Waals surface area contributed by atoms with Crippen molar-refractivity contribution in [2.24, 2.45) is 0 Å². The van der Waals surface area contributed by atoms with Gasteiger partial charge in [-0.25, -0.2) is 34.5 Å². The quantitative estimate of drug-likeness (QED) is 0.152. The number of phosphoric acid groups is 1. The van der Waals surface area contributed by atoms with Crippen molar-refractivity contribution in [1.29, 1.82) is 0 Å². The lowest BCUT2D eigenvalue weighted by Gasteiger charge is -2.22. The van der Waals surface area contributed by atoms with Crippen LogP contribution >= 0.6 is 19.6 Å². The van der Waals surface area contributed by atoms with Gasteiger partial charge in [0.25, 0.3) is 0 Å². The number of fused-ring (bicyclic) bond motifs is 2. The number of nitrogens with two attached hydrogens (primary N) is 2. The van der Waals surface area contributed by atoms with Crippen molar-refractivity contribution < 1.29 is 27.6 Å². The highest BCUT2D eigenvalue weighted by Gasteiger charge is 2.37. The highest BCUT2D eigenvalue weighted by atomic mass is 32.2. The molecule has 45 heavy (non-hydrogen) atoms. The van der Waals surface area contributed by atoms with Gasteiger partial charge in [-0.2, -0.15) is 0 Å². The number of aromatic nitrogens is 8. The van der Waals surface area contributed by atoms with E-state index < -0.39 is 7.82 Å². The van der Waals surface area contributed by atoms with Gasteiger partial charge in [0, 0.05) is 4.90 Å². The SMILES string of the molecule is CSc1ccc(OP(=O)(OC[C@@H]2CC[C@H](n3cnc4c(N)ncnc43)O2)OC[C@@H]2CC[C@H](n3cnc4c(N)ncnc43)O2)cc1. The van der Waals surface area contributed by atoms with E-state index in [4.69, 9.17) is 34.5 Å². The Morgan fingerprint density at radius 2 is 1.31 bits per heavy atom. The lowest BCUT2D eigenvalue weighted by atomic mass is 10.2. The number of ether oxygens (including phenoxy) is 2. The van der Waals surface area contributed by atoms with E-state index in [2.05, 4.69) is 29.9 Å². The van der Waals surface area contributed by atoms with Crippen LogP contribution in [0.25, 0.3) is 22.3 Å². The van der Waals surface area contributed by atoms with Crippen molar-refractivity contribution in [2.75, 3.05) is 30.9 Å². The zero-order valence-corrected chi connectivity index (χ0v) is 25.9. The van der Waals surface area contributed by atoms with E-state index in [0.29, 0.717) is 65.4 Å². The first-order chi connectivity index (χ1) is 21.9. The Balaban J connectivity index is 1.01. The Morgan fingerprint density at radius 3 is 1.80 bits per heavy atom. The molecule has 4 aromatic heterocycles. The predicted octanol–water partition coefficient (Wildman–Crippen LogP) is 4.13. The summed E-state index contributed by atoms with van der Waals surface area (Å²) in [4.78, 5) is 26.3. The first kappa shape index (κ1) is 29.8. The normalized spacial score (nSPS) is 22.1. The van der Waals surface area contributed by atoms with Gasteiger partial charge in [-0.1, -0.05) is 0 Å². The van der Waals surface area contributed by atoms with E-state index in [9.17, 15) is 4.57 Å². The van der Waals surface area contributed by atoms with Crippen LogP contribution < -0.4 is 16.0 Å². The number of phosphoric ester groups is 1. The van der Waals surface area contributed by atoms with Crippen molar-refractivity contribution in [2.45, 2.75) is 55.2 Å². The van der Waals surface area contributed by atoms with Gasteiger partial charge in [0.15, 0.2) is 22.9 Å². The van der Waals surface area contributed by atoms with Crippen molar-refractivity contribution in [3.63, 3.8) is 0 Å². The number of benzene rings is 1. The maximum Gasteiger partial charge on any atom is 0.530 e. The average Bonchev–Trinajstić information content (AvgIpc) is 3.86. The molecular formula is C27H31N10O6PS. The monoisotopic (exact) mass is 654 g/mol. The van der Waals surface area contributed by atoms with E-state index in [1.165, 1.54) is 12.7 Å². The first-order valence-corrected chi connectivity index (χ1v) is 17.0. The van der Waals surface area contributed by atoms with Gasteiger partial charge in [0.05, 0.1) is 38.1 Å². The summed E-state index contributed by atoms with van der Waals surface area (Å²) in [5.74, 6) is 0.954. The molecule has 0 unspecified atom stereocenters. The Hall–Kier alpha value is -3.86. The summed E-state index contributed by atoms with van der Waals surface area (Å²) in [6.45, 7) is -0.0343. The van der Waals surface area contributed by atoms with Gasteiger partial charge < -0.3 is 25.5 Å². The van der Waals surface area contributed by atoms with Gasteiger partial charge in [0.1, 0.15) is 41.9 Å². The number of imidazole rings is 2. The van der Waals surface area contributed by atoms with Crippen LogP contribution in [-0.4, -0.2) is 70.7 Å². The van der Waals surface area contributed by atoms with Crippen molar-refractivity contribution in [3.05, 3.63) is 49.6 Å². The fourth-order valence-electron chi connectivity index (χ4n) is 5.39. The Kier molecular flexibility index (Phi) is 8.29. The molecule has 0 amide bonds. The smallest absolute Gasteiger partial charge is 0.404 e. The minimum Gasteiger partial charge on any atom is -0.404 e. The molecule has 2 saturated heterocycles. The molecule has 236 valence electrons. The van der Waals surface area contributed by atoms with Crippen LogP contribution in [0.5, 0.6) is 5.75 Å². The molecular weight excluding hydrogens is 623 g/mol. The number of nitrogen functional groups attached to an aromatic ring is 2. The fourth-order valence-corrected chi connectivity index (χ4v) is 7.06. The third-order valence-corrected chi connectivity index (χ3v) is 9.79. The van der Waals surface area contributed by atoms with E-state index in [0.717, 1.165) is 4.90 Å². The molecule has 2 aliphatic heterocycles. The van der Waals surface area contributed by atoms with Crippen molar-refractivity contribution >= 4 is 53.5 Å². The number of thioether (sulfide) groups is 1. The average molecular weight is 655 g/mol. The van der Waals surface area contributed by atoms with Gasteiger partial charge >= 0.3 is 7.82 Å². The lowest BCUT2D eigenvalue weighted by molar-refractivity contribution is -0.0334. The third kappa shape index (κ3) is 6.19. The van der Waals surface area contributed by atoms with Crippen LogP contribution in [0, 0.1) is 0 Å². The molecule has 0 spiro atoms. The molecule has 0 bridgehead atoms. The molecule has 18 heteroatoms. The van der Waals surface area contributed by atoms with E-state index in [1.807, 2.05) is 27.5 Å². The Labute approximate surface area is 261 Å². The van der Waals surface area contributed by atoms with Crippen LogP contribution in [0.2, 0.25) is 0 Å². The van der Waals surface area contributed by atoms with E-state index >= 15 is 0 Å². The molecule has 0 aliphatic carbocycles. The summed E-state index contributed by atoms with van der Waals surface area (Å²) in [7, 11) is -4.10. The zero-order valence-electron chi connectivity index (χ0n) is 24.2. The summed E-state index contributed by atoms with van der Waals surface area (Å²) in [5, 5.41) is 0. The molecule has 7 rings (SSSR count). The Bertz CT molecular complexity index is 1750. The largest absolute Gasteiger partial charge is 0.530 e. The highest BCUT2D eigenvalue weighted by molar-refractivity contribution is 7.98. The zero-order chi connectivity index (χ0) is 31.0. The number of hydrogen-bond donors (Lipinski definition) is 2. The number of hydrogen-bond acceptors (Lipinski definition) is 15. The molecule has 6 heterocycles. The molecule has 2 fully saturated rings. The molecule has 4 N–H and O–H groups in total. The summed E-state index contributed by atoms with van der Waals surface area (Å²) in [5.41, 5.74) is 14.0. The molecule has 0 saturated carbocycles. The number of nitrogens with zero attached hydrogens (tertiary/aromatic N) is 8. The summed E-state index contributed by atoms with van der Waals surface area (Å²) >= 11 is 1.59. The Morgan fingerprint density at radius 1 is 0.800 bits per heavy atom. The van der Waals surface area contributed by atoms with Crippen LogP contribution in [0.3, 0.4) is 0 Å². The molecule has 5 aromatic rings. The second-order valence-corrected chi connectivity index (χ2v) is 13.0. The summed E-state index contributed by atoms with van der Waals surface area (Å²) < 4.78 is 47.7. The highest BCUT2D eigenvalue weighted by Crippen LogP contribution is 2.51. The molecule has 1 aromatic carbocycles. The van der Waals surface area contributed by atoms with Crippen molar-refractivity contribution in [3.8, 4) is 5.75 Å². The molecule has 16 nitrogen and oxygen atoms in total. The van der Waals surface area contributed by atoms with Crippen LogP contribution in [0.4, 0.5) is 11.6 Å². The first-order valence-electron chi connectivity index (χ1n) is 14.3. The fraction of sp³-hybridized carbons (Fsp3) is 0.407. The maximum absolute atomic E-state index is 14.0. The third-order valence-electron chi connectivity index (χ3n) is 7.68. The van der Waals surface area contributed by atoms with Crippen LogP contribution in [0.15, 0.2) is 54.5 Å². The second kappa shape index (κ2) is 12.5. The molecule has 4 atom stereocenters. The molecule has 0 radical (unpaired) electrons.